The summed E-state index contributed by atoms with van der Waals surface area (Å²) in [5.74, 6) is 0.364. The zero-order valence-electron chi connectivity index (χ0n) is 16.5. The fourth-order valence-electron chi connectivity index (χ4n) is 3.50. The number of sulfonamides is 1. The van der Waals surface area contributed by atoms with E-state index in [-0.39, 0.29) is 23.3 Å². The lowest BCUT2D eigenvalue weighted by molar-refractivity contribution is -0.131. The highest BCUT2D eigenvalue weighted by Crippen LogP contribution is 2.23. The Kier molecular flexibility index (Phi) is 6.63. The molecule has 1 aromatic heterocycles. The molecule has 1 aliphatic heterocycles. The van der Waals surface area contributed by atoms with E-state index in [4.69, 9.17) is 4.52 Å². The van der Waals surface area contributed by atoms with Gasteiger partial charge in [-0.2, -0.15) is 9.29 Å². The highest BCUT2D eigenvalue weighted by Gasteiger charge is 2.30. The lowest BCUT2D eigenvalue weighted by Crippen LogP contribution is -2.38. The molecule has 0 radical (unpaired) electrons. The van der Waals surface area contributed by atoms with Crippen LogP contribution in [0, 0.1) is 12.7 Å². The summed E-state index contributed by atoms with van der Waals surface area (Å²) in [6.07, 6.45) is 2.50. The molecule has 2 heterocycles. The van der Waals surface area contributed by atoms with E-state index in [2.05, 4.69) is 10.1 Å². The maximum atomic E-state index is 13.5. The lowest BCUT2D eigenvalue weighted by atomic mass is 10.1. The number of amides is 1. The second kappa shape index (κ2) is 9.00. The Morgan fingerprint density at radius 2 is 2.14 bits per heavy atom. The number of aromatic nitrogens is 2. The molecule has 0 aliphatic carbocycles. The molecular formula is C19H25FN4O4S. The first-order valence-electron chi connectivity index (χ1n) is 9.58. The van der Waals surface area contributed by atoms with E-state index in [1.165, 1.54) is 29.6 Å². The first-order valence-corrected chi connectivity index (χ1v) is 11.0. The molecule has 0 N–H and O–H groups in total. The van der Waals surface area contributed by atoms with Gasteiger partial charge in [0, 0.05) is 39.0 Å². The molecule has 1 fully saturated rings. The third kappa shape index (κ3) is 5.18. The van der Waals surface area contributed by atoms with Crippen LogP contribution >= 0.6 is 0 Å². The number of carbonyl (C=O) groups excluding carboxylic acids is 1. The summed E-state index contributed by atoms with van der Waals surface area (Å²) in [5, 5.41) is 3.71. The van der Waals surface area contributed by atoms with Crippen LogP contribution in [0.5, 0.6) is 0 Å². The van der Waals surface area contributed by atoms with Crippen molar-refractivity contribution >= 4 is 15.9 Å². The molecule has 0 bridgehead atoms. The normalized spacial score (nSPS) is 18.1. The first-order chi connectivity index (χ1) is 13.8. The molecule has 29 heavy (non-hydrogen) atoms. The summed E-state index contributed by atoms with van der Waals surface area (Å²) < 4.78 is 45.5. The van der Waals surface area contributed by atoms with E-state index in [0.717, 1.165) is 6.07 Å². The number of aryl methyl sites for hydroxylation is 2. The van der Waals surface area contributed by atoms with Gasteiger partial charge in [0.15, 0.2) is 5.82 Å². The van der Waals surface area contributed by atoms with Gasteiger partial charge in [0.2, 0.25) is 21.8 Å². The first kappa shape index (κ1) is 21.4. The molecule has 0 unspecified atom stereocenters. The Balaban J connectivity index is 1.59. The molecule has 8 nitrogen and oxygen atoms in total. The molecule has 0 spiro atoms. The van der Waals surface area contributed by atoms with E-state index < -0.39 is 15.8 Å². The van der Waals surface area contributed by atoms with Crippen LogP contribution < -0.4 is 0 Å². The van der Waals surface area contributed by atoms with Crippen molar-refractivity contribution in [3.8, 4) is 0 Å². The molecule has 2 aromatic rings. The van der Waals surface area contributed by atoms with Gasteiger partial charge in [-0.25, -0.2) is 12.8 Å². The monoisotopic (exact) mass is 424 g/mol. The Bertz CT molecular complexity index is 963. The van der Waals surface area contributed by atoms with Gasteiger partial charge in [0.1, 0.15) is 5.82 Å². The Morgan fingerprint density at radius 1 is 1.34 bits per heavy atom. The van der Waals surface area contributed by atoms with Crippen molar-refractivity contribution < 1.29 is 22.1 Å². The van der Waals surface area contributed by atoms with Crippen molar-refractivity contribution in [3.05, 3.63) is 41.8 Å². The number of halogens is 1. The molecule has 1 atom stereocenters. The molecule has 1 amide bonds. The molecule has 1 aliphatic rings. The third-order valence-electron chi connectivity index (χ3n) is 5.16. The van der Waals surface area contributed by atoms with Crippen molar-refractivity contribution in [1.82, 2.24) is 19.3 Å². The van der Waals surface area contributed by atoms with Gasteiger partial charge in [0.05, 0.1) is 4.90 Å². The Labute approximate surface area is 169 Å². The molecule has 1 saturated heterocycles. The van der Waals surface area contributed by atoms with E-state index in [9.17, 15) is 17.6 Å². The van der Waals surface area contributed by atoms with Crippen molar-refractivity contribution in [3.63, 3.8) is 0 Å². The van der Waals surface area contributed by atoms with Crippen molar-refractivity contribution in [2.45, 2.75) is 50.0 Å². The zero-order chi connectivity index (χ0) is 21.0. The fraction of sp³-hybridized carbons (Fsp3) is 0.526. The Hall–Kier alpha value is -2.33. The minimum atomic E-state index is -3.80. The minimum absolute atomic E-state index is 0.0165. The summed E-state index contributed by atoms with van der Waals surface area (Å²) in [6.45, 7) is 2.76. The number of benzene rings is 1. The standard InChI is InChI=1S/C19H25FN4O4S/c1-14-21-18(28-22-14)8-9-19(25)24-11-4-6-16(10-12-24)23(2)29(26,27)17-7-3-5-15(20)13-17/h3,5,7,13,16H,4,6,8-12H2,1-2H3/t16-/m1/s1. The van der Waals surface area contributed by atoms with Crippen LogP contribution in [-0.2, 0) is 21.2 Å². The van der Waals surface area contributed by atoms with Gasteiger partial charge in [-0.05, 0) is 44.4 Å². The minimum Gasteiger partial charge on any atom is -0.343 e. The highest BCUT2D eigenvalue weighted by atomic mass is 32.2. The topological polar surface area (TPSA) is 96.6 Å². The molecular weight excluding hydrogens is 399 g/mol. The summed E-state index contributed by atoms with van der Waals surface area (Å²) in [7, 11) is -2.28. The van der Waals surface area contributed by atoms with E-state index >= 15 is 0 Å². The van der Waals surface area contributed by atoms with Crippen LogP contribution in [0.25, 0.3) is 0 Å². The zero-order valence-corrected chi connectivity index (χ0v) is 17.4. The molecule has 0 saturated carbocycles. The second-order valence-corrected chi connectivity index (χ2v) is 9.18. The molecule has 158 valence electrons. The number of rotatable bonds is 6. The van der Waals surface area contributed by atoms with Gasteiger partial charge >= 0.3 is 0 Å². The van der Waals surface area contributed by atoms with Crippen molar-refractivity contribution in [2.24, 2.45) is 0 Å². The number of nitrogens with zero attached hydrogens (tertiary/aromatic N) is 4. The van der Waals surface area contributed by atoms with Gasteiger partial charge in [-0.15, -0.1) is 0 Å². The van der Waals surface area contributed by atoms with Crippen LogP contribution in [0.4, 0.5) is 4.39 Å². The van der Waals surface area contributed by atoms with Crippen LogP contribution in [0.2, 0.25) is 0 Å². The number of carbonyl (C=O) groups is 1. The van der Waals surface area contributed by atoms with Gasteiger partial charge in [0.25, 0.3) is 0 Å². The summed E-state index contributed by atoms with van der Waals surface area (Å²) in [6, 6.07) is 4.76. The maximum Gasteiger partial charge on any atom is 0.243 e. The molecule has 10 heteroatoms. The van der Waals surface area contributed by atoms with Crippen LogP contribution in [0.15, 0.2) is 33.7 Å². The van der Waals surface area contributed by atoms with E-state index in [0.29, 0.717) is 50.5 Å². The van der Waals surface area contributed by atoms with Crippen molar-refractivity contribution in [1.29, 1.82) is 0 Å². The fourth-order valence-corrected chi connectivity index (χ4v) is 4.94. The number of likely N-dealkylation sites (tertiary alicyclic amines) is 1. The van der Waals surface area contributed by atoms with Crippen LogP contribution in [0.1, 0.15) is 37.4 Å². The van der Waals surface area contributed by atoms with E-state index in [1.54, 1.807) is 11.8 Å². The van der Waals surface area contributed by atoms with Crippen molar-refractivity contribution in [2.75, 3.05) is 20.1 Å². The van der Waals surface area contributed by atoms with Crippen LogP contribution in [-0.4, -0.2) is 59.8 Å². The summed E-state index contributed by atoms with van der Waals surface area (Å²) >= 11 is 0. The average molecular weight is 424 g/mol. The maximum absolute atomic E-state index is 13.5. The second-order valence-electron chi connectivity index (χ2n) is 7.18. The SMILES string of the molecule is Cc1noc(CCC(=O)N2CCC[C@@H](N(C)S(=O)(=O)c3cccc(F)c3)CC2)n1. The molecule has 1 aromatic carbocycles. The Morgan fingerprint density at radius 3 is 2.83 bits per heavy atom. The largest absolute Gasteiger partial charge is 0.343 e. The van der Waals surface area contributed by atoms with Gasteiger partial charge < -0.3 is 9.42 Å². The number of hydrogen-bond acceptors (Lipinski definition) is 6. The average Bonchev–Trinajstić information content (AvgIpc) is 2.96. The van der Waals surface area contributed by atoms with E-state index in [1.807, 2.05) is 0 Å². The summed E-state index contributed by atoms with van der Waals surface area (Å²) in [5.41, 5.74) is 0. The summed E-state index contributed by atoms with van der Waals surface area (Å²) in [4.78, 5) is 18.3. The smallest absolute Gasteiger partial charge is 0.243 e. The predicted octanol–water partition coefficient (Wildman–Crippen LogP) is 2.15. The quantitative estimate of drug-likeness (QED) is 0.705. The lowest BCUT2D eigenvalue weighted by Gasteiger charge is -2.26. The van der Waals surface area contributed by atoms with Crippen LogP contribution in [0.3, 0.4) is 0 Å². The van der Waals surface area contributed by atoms with Gasteiger partial charge in [-0.3, -0.25) is 4.79 Å². The molecule has 3 rings (SSSR count). The highest BCUT2D eigenvalue weighted by molar-refractivity contribution is 7.89. The van der Waals surface area contributed by atoms with Gasteiger partial charge in [-0.1, -0.05) is 11.2 Å². The predicted molar refractivity (Wildman–Crippen MR) is 103 cm³/mol. The third-order valence-corrected chi connectivity index (χ3v) is 7.07. The number of hydrogen-bond donors (Lipinski definition) is 0.